The second-order valence-electron chi connectivity index (χ2n) is 6.65. The number of hydrogen-bond acceptors (Lipinski definition) is 5. The van der Waals surface area contributed by atoms with Crippen molar-refractivity contribution in [2.45, 2.75) is 44.3 Å². The van der Waals surface area contributed by atoms with Gasteiger partial charge in [0.25, 0.3) is 0 Å². The lowest BCUT2D eigenvalue weighted by molar-refractivity contribution is -0.119. The molecular formula is C19H30N2O4S2. The smallest absolute Gasteiger partial charge is 0.240 e. The molecule has 1 aromatic rings. The van der Waals surface area contributed by atoms with Crippen LogP contribution in [0.3, 0.4) is 0 Å². The molecule has 0 heterocycles. The third-order valence-corrected chi connectivity index (χ3v) is 6.96. The first-order chi connectivity index (χ1) is 12.9. The molecule has 0 bridgehead atoms. The van der Waals surface area contributed by atoms with Crippen LogP contribution in [-0.4, -0.2) is 51.3 Å². The molecule has 1 N–H and O–H groups in total. The van der Waals surface area contributed by atoms with Crippen LogP contribution in [0.15, 0.2) is 24.3 Å². The van der Waals surface area contributed by atoms with Crippen LogP contribution in [0.1, 0.15) is 39.0 Å². The number of sulfonamides is 1. The second-order valence-corrected chi connectivity index (χ2v) is 9.97. The summed E-state index contributed by atoms with van der Waals surface area (Å²) in [7, 11) is -3.61. The van der Waals surface area contributed by atoms with Gasteiger partial charge in [-0.25, -0.2) is 8.42 Å². The second kappa shape index (κ2) is 10.8. The molecule has 152 valence electrons. The summed E-state index contributed by atoms with van der Waals surface area (Å²) in [5, 5.41) is 3.53. The standard InChI is InChI=1S/C19H30N2O4S2/c1-3-25-18-12-8-7-11-17(18)21(27(2,23)24)15-19(22)20-13-14-26-16-9-5-4-6-10-16/h7-8,11-12,16H,3-6,9-10,13-15H2,1-2H3,(H,20,22). The molecule has 1 fully saturated rings. The number of anilines is 1. The summed E-state index contributed by atoms with van der Waals surface area (Å²) in [6.07, 6.45) is 7.54. The molecule has 1 aliphatic carbocycles. The van der Waals surface area contributed by atoms with Crippen LogP contribution in [0.2, 0.25) is 0 Å². The molecule has 6 nitrogen and oxygen atoms in total. The highest BCUT2D eigenvalue weighted by Gasteiger charge is 2.23. The number of amides is 1. The van der Waals surface area contributed by atoms with Gasteiger partial charge >= 0.3 is 0 Å². The van der Waals surface area contributed by atoms with Gasteiger partial charge < -0.3 is 10.1 Å². The number of hydrogen-bond donors (Lipinski definition) is 1. The monoisotopic (exact) mass is 414 g/mol. The Labute approximate surface area is 167 Å². The normalized spacial score (nSPS) is 15.3. The fourth-order valence-corrected chi connectivity index (χ4v) is 5.24. The van der Waals surface area contributed by atoms with Crippen LogP contribution in [0.5, 0.6) is 5.75 Å². The molecule has 2 rings (SSSR count). The van der Waals surface area contributed by atoms with Gasteiger partial charge in [-0.2, -0.15) is 11.8 Å². The molecule has 1 amide bonds. The van der Waals surface area contributed by atoms with E-state index in [0.717, 1.165) is 16.3 Å². The Morgan fingerprint density at radius 1 is 1.26 bits per heavy atom. The minimum atomic E-state index is -3.61. The van der Waals surface area contributed by atoms with E-state index >= 15 is 0 Å². The van der Waals surface area contributed by atoms with Crippen LogP contribution >= 0.6 is 11.8 Å². The van der Waals surface area contributed by atoms with Crippen molar-refractivity contribution in [3.05, 3.63) is 24.3 Å². The summed E-state index contributed by atoms with van der Waals surface area (Å²) in [6, 6.07) is 6.86. The molecule has 0 spiro atoms. The van der Waals surface area contributed by atoms with Crippen LogP contribution in [0, 0.1) is 0 Å². The van der Waals surface area contributed by atoms with Gasteiger partial charge in [0, 0.05) is 17.5 Å². The van der Waals surface area contributed by atoms with Crippen LogP contribution in [-0.2, 0) is 14.8 Å². The van der Waals surface area contributed by atoms with E-state index in [4.69, 9.17) is 4.74 Å². The molecule has 0 radical (unpaired) electrons. The maximum atomic E-state index is 12.3. The molecule has 0 aliphatic heterocycles. The van der Waals surface area contributed by atoms with Crippen molar-refractivity contribution in [1.29, 1.82) is 0 Å². The molecule has 0 saturated heterocycles. The molecule has 1 aromatic carbocycles. The number of nitrogens with zero attached hydrogens (tertiary/aromatic N) is 1. The number of rotatable bonds is 10. The molecule has 0 atom stereocenters. The first-order valence-electron chi connectivity index (χ1n) is 9.49. The van der Waals surface area contributed by atoms with E-state index in [-0.39, 0.29) is 12.5 Å². The zero-order valence-corrected chi connectivity index (χ0v) is 17.8. The summed E-state index contributed by atoms with van der Waals surface area (Å²) in [4.78, 5) is 12.3. The average molecular weight is 415 g/mol. The van der Waals surface area contributed by atoms with Crippen molar-refractivity contribution >= 4 is 33.4 Å². The fourth-order valence-electron chi connectivity index (χ4n) is 3.16. The summed E-state index contributed by atoms with van der Waals surface area (Å²) < 4.78 is 31.1. The van der Waals surface area contributed by atoms with E-state index in [9.17, 15) is 13.2 Å². The van der Waals surface area contributed by atoms with Crippen molar-refractivity contribution in [3.8, 4) is 5.75 Å². The first-order valence-corrected chi connectivity index (χ1v) is 12.4. The van der Waals surface area contributed by atoms with Gasteiger partial charge in [-0.05, 0) is 31.9 Å². The van der Waals surface area contributed by atoms with Crippen molar-refractivity contribution in [1.82, 2.24) is 5.32 Å². The predicted molar refractivity (Wildman–Crippen MR) is 112 cm³/mol. The molecule has 0 unspecified atom stereocenters. The number of thioether (sulfide) groups is 1. The SMILES string of the molecule is CCOc1ccccc1N(CC(=O)NCCSC1CCCCC1)S(C)(=O)=O. The zero-order chi connectivity index (χ0) is 19.7. The lowest BCUT2D eigenvalue weighted by Gasteiger charge is -2.24. The van der Waals surface area contributed by atoms with Gasteiger partial charge in [-0.3, -0.25) is 9.10 Å². The predicted octanol–water partition coefficient (Wildman–Crippen LogP) is 3.03. The van der Waals surface area contributed by atoms with Crippen LogP contribution < -0.4 is 14.4 Å². The van der Waals surface area contributed by atoms with Gasteiger partial charge in [-0.1, -0.05) is 31.4 Å². The van der Waals surface area contributed by atoms with Gasteiger partial charge in [-0.15, -0.1) is 0 Å². The highest BCUT2D eigenvalue weighted by atomic mass is 32.2. The Morgan fingerprint density at radius 3 is 2.63 bits per heavy atom. The molecule has 27 heavy (non-hydrogen) atoms. The highest BCUT2D eigenvalue weighted by Crippen LogP contribution is 2.30. The Kier molecular flexibility index (Phi) is 8.76. The molecule has 8 heteroatoms. The van der Waals surface area contributed by atoms with Gasteiger partial charge in [0.1, 0.15) is 12.3 Å². The Bertz CT molecular complexity index is 703. The minimum absolute atomic E-state index is 0.253. The van der Waals surface area contributed by atoms with Gasteiger partial charge in [0.2, 0.25) is 15.9 Å². The summed E-state index contributed by atoms with van der Waals surface area (Å²) >= 11 is 1.90. The Hall–Kier alpha value is -1.41. The quantitative estimate of drug-likeness (QED) is 0.596. The lowest BCUT2D eigenvalue weighted by Crippen LogP contribution is -2.41. The first kappa shape index (κ1) is 21.9. The van der Waals surface area contributed by atoms with E-state index in [1.54, 1.807) is 24.3 Å². The third-order valence-electron chi connectivity index (χ3n) is 4.45. The molecule has 1 aliphatic rings. The van der Waals surface area contributed by atoms with Gasteiger partial charge in [0.15, 0.2) is 0 Å². The van der Waals surface area contributed by atoms with Crippen molar-refractivity contribution in [2.24, 2.45) is 0 Å². The fraction of sp³-hybridized carbons (Fsp3) is 0.632. The van der Waals surface area contributed by atoms with Gasteiger partial charge in [0.05, 0.1) is 18.6 Å². The van der Waals surface area contributed by atoms with Crippen molar-refractivity contribution in [2.75, 3.05) is 36.0 Å². The Balaban J connectivity index is 1.91. The van der Waals surface area contributed by atoms with E-state index in [1.165, 1.54) is 32.1 Å². The Morgan fingerprint density at radius 2 is 1.96 bits per heavy atom. The number of carbonyl (C=O) groups excluding carboxylic acids is 1. The summed E-state index contributed by atoms with van der Waals surface area (Å²) in [5.41, 5.74) is 0.383. The van der Waals surface area contributed by atoms with Crippen molar-refractivity contribution in [3.63, 3.8) is 0 Å². The summed E-state index contributed by atoms with van der Waals surface area (Å²) in [6.45, 7) is 2.54. The topological polar surface area (TPSA) is 75.7 Å². The number of ether oxygens (including phenoxy) is 1. The lowest BCUT2D eigenvalue weighted by atomic mass is 10.0. The summed E-state index contributed by atoms with van der Waals surface area (Å²) in [5.74, 6) is 0.993. The third kappa shape index (κ3) is 7.25. The van der Waals surface area contributed by atoms with E-state index < -0.39 is 10.0 Å². The number of nitrogens with one attached hydrogen (secondary N) is 1. The van der Waals surface area contributed by atoms with E-state index in [0.29, 0.717) is 29.8 Å². The highest BCUT2D eigenvalue weighted by molar-refractivity contribution is 7.99. The maximum Gasteiger partial charge on any atom is 0.240 e. The van der Waals surface area contributed by atoms with E-state index in [2.05, 4.69) is 5.32 Å². The number of para-hydroxylation sites is 2. The number of benzene rings is 1. The average Bonchev–Trinajstić information content (AvgIpc) is 2.64. The minimum Gasteiger partial charge on any atom is -0.492 e. The largest absolute Gasteiger partial charge is 0.492 e. The molecule has 0 aromatic heterocycles. The van der Waals surface area contributed by atoms with Crippen LogP contribution in [0.4, 0.5) is 5.69 Å². The van der Waals surface area contributed by atoms with Crippen molar-refractivity contribution < 1.29 is 17.9 Å². The number of carbonyl (C=O) groups is 1. The van der Waals surface area contributed by atoms with E-state index in [1.807, 2.05) is 18.7 Å². The zero-order valence-electron chi connectivity index (χ0n) is 16.1. The molecule has 1 saturated carbocycles. The van der Waals surface area contributed by atoms with Crippen LogP contribution in [0.25, 0.3) is 0 Å². The molecular weight excluding hydrogens is 384 g/mol. The maximum absolute atomic E-state index is 12.3.